The SMILES string of the molecule is CC(C)(C)OC(=O)N1CCN(c2ccc([N+](=O)[O-])nc2)CC12CC2. The number of carbonyl (C=O) groups is 1. The van der Waals surface area contributed by atoms with Crippen molar-refractivity contribution >= 4 is 17.6 Å². The number of rotatable bonds is 2. The summed E-state index contributed by atoms with van der Waals surface area (Å²) < 4.78 is 5.52. The number of amides is 1. The fraction of sp³-hybridized carbons (Fsp3) is 0.625. The molecule has 1 aliphatic heterocycles. The summed E-state index contributed by atoms with van der Waals surface area (Å²) in [4.78, 5) is 30.5. The lowest BCUT2D eigenvalue weighted by Gasteiger charge is -2.43. The Balaban J connectivity index is 1.70. The Morgan fingerprint density at radius 2 is 2.04 bits per heavy atom. The van der Waals surface area contributed by atoms with Crippen LogP contribution in [0.1, 0.15) is 33.6 Å². The van der Waals surface area contributed by atoms with Gasteiger partial charge in [0.25, 0.3) is 0 Å². The van der Waals surface area contributed by atoms with Gasteiger partial charge in [-0.2, -0.15) is 0 Å². The Kier molecular flexibility index (Phi) is 3.85. The highest BCUT2D eigenvalue weighted by Crippen LogP contribution is 2.45. The fourth-order valence-electron chi connectivity index (χ4n) is 3.05. The number of hydrogen-bond acceptors (Lipinski definition) is 6. The molecule has 8 nitrogen and oxygen atoms in total. The van der Waals surface area contributed by atoms with Crippen LogP contribution in [0.5, 0.6) is 0 Å². The molecule has 0 bridgehead atoms. The summed E-state index contributed by atoms with van der Waals surface area (Å²) in [5.41, 5.74) is 0.158. The van der Waals surface area contributed by atoms with E-state index in [2.05, 4.69) is 9.88 Å². The first-order chi connectivity index (χ1) is 11.2. The van der Waals surface area contributed by atoms with Crippen molar-refractivity contribution in [2.24, 2.45) is 0 Å². The Labute approximate surface area is 140 Å². The minimum atomic E-state index is -0.507. The zero-order valence-electron chi connectivity index (χ0n) is 14.2. The molecule has 1 saturated carbocycles. The predicted octanol–water partition coefficient (Wildman–Crippen LogP) is 2.58. The van der Waals surface area contributed by atoms with Gasteiger partial charge < -0.3 is 19.8 Å². The monoisotopic (exact) mass is 334 g/mol. The lowest BCUT2D eigenvalue weighted by Crippen LogP contribution is -2.58. The van der Waals surface area contributed by atoms with Gasteiger partial charge in [0, 0.05) is 25.7 Å². The maximum Gasteiger partial charge on any atom is 0.410 e. The third-order valence-corrected chi connectivity index (χ3v) is 4.38. The van der Waals surface area contributed by atoms with Gasteiger partial charge in [0.1, 0.15) is 5.60 Å². The Bertz CT molecular complexity index is 649. The van der Waals surface area contributed by atoms with Crippen molar-refractivity contribution in [3.8, 4) is 0 Å². The van der Waals surface area contributed by atoms with Gasteiger partial charge in [0.15, 0.2) is 6.20 Å². The molecule has 2 heterocycles. The van der Waals surface area contributed by atoms with Crippen molar-refractivity contribution in [3.05, 3.63) is 28.4 Å². The molecule has 0 N–H and O–H groups in total. The molecule has 0 unspecified atom stereocenters. The highest BCUT2D eigenvalue weighted by atomic mass is 16.6. The van der Waals surface area contributed by atoms with E-state index < -0.39 is 10.5 Å². The maximum atomic E-state index is 12.4. The van der Waals surface area contributed by atoms with Crippen molar-refractivity contribution in [2.75, 3.05) is 24.5 Å². The third kappa shape index (κ3) is 3.27. The standard InChI is InChI=1S/C16H22N4O4/c1-15(2,3)24-14(21)19-9-8-18(11-16(19)6-7-16)12-4-5-13(17-10-12)20(22)23/h4-5,10H,6-9,11H2,1-3H3. The highest BCUT2D eigenvalue weighted by molar-refractivity contribution is 5.71. The number of aromatic nitrogens is 1. The van der Waals surface area contributed by atoms with Gasteiger partial charge in [0.05, 0.1) is 11.2 Å². The Morgan fingerprint density at radius 1 is 1.33 bits per heavy atom. The summed E-state index contributed by atoms with van der Waals surface area (Å²) in [6.07, 6.45) is 3.16. The maximum absolute atomic E-state index is 12.4. The fourth-order valence-corrected chi connectivity index (χ4v) is 3.05. The van der Waals surface area contributed by atoms with Gasteiger partial charge in [-0.3, -0.25) is 4.90 Å². The van der Waals surface area contributed by atoms with Crippen molar-refractivity contribution in [3.63, 3.8) is 0 Å². The van der Waals surface area contributed by atoms with Gasteiger partial charge in [-0.25, -0.2) is 4.79 Å². The number of hydrogen-bond donors (Lipinski definition) is 0. The van der Waals surface area contributed by atoms with Gasteiger partial charge >= 0.3 is 11.9 Å². The number of piperazine rings is 1. The molecule has 1 spiro atoms. The smallest absolute Gasteiger partial charge is 0.410 e. The van der Waals surface area contributed by atoms with Gasteiger partial charge in [0.2, 0.25) is 0 Å². The van der Waals surface area contributed by atoms with Crippen LogP contribution < -0.4 is 4.90 Å². The first-order valence-electron chi connectivity index (χ1n) is 8.06. The second kappa shape index (κ2) is 5.61. The van der Waals surface area contributed by atoms with Crippen LogP contribution in [0.4, 0.5) is 16.3 Å². The van der Waals surface area contributed by atoms with Crippen LogP contribution in [0.2, 0.25) is 0 Å². The number of nitrogens with zero attached hydrogens (tertiary/aromatic N) is 4. The minimum absolute atomic E-state index is 0.160. The van der Waals surface area contributed by atoms with Crippen LogP contribution in [0, 0.1) is 10.1 Å². The van der Waals surface area contributed by atoms with Crippen molar-refractivity contribution in [1.82, 2.24) is 9.88 Å². The van der Waals surface area contributed by atoms with Crippen LogP contribution in [0.15, 0.2) is 18.3 Å². The average molecular weight is 334 g/mol. The number of nitro groups is 1. The van der Waals surface area contributed by atoms with Crippen LogP contribution in [0.25, 0.3) is 0 Å². The quantitative estimate of drug-likeness (QED) is 0.610. The van der Waals surface area contributed by atoms with Crippen LogP contribution in [-0.2, 0) is 4.74 Å². The van der Waals surface area contributed by atoms with E-state index in [4.69, 9.17) is 4.74 Å². The van der Waals surface area contributed by atoms with Gasteiger partial charge in [-0.05, 0) is 49.6 Å². The summed E-state index contributed by atoms with van der Waals surface area (Å²) >= 11 is 0. The molecule has 1 aromatic rings. The lowest BCUT2D eigenvalue weighted by molar-refractivity contribution is -0.389. The number of carbonyl (C=O) groups excluding carboxylic acids is 1. The van der Waals surface area contributed by atoms with Crippen molar-refractivity contribution in [1.29, 1.82) is 0 Å². The lowest BCUT2D eigenvalue weighted by atomic mass is 10.1. The molecule has 130 valence electrons. The van der Waals surface area contributed by atoms with Crippen molar-refractivity contribution in [2.45, 2.75) is 44.8 Å². The normalized spacial score (nSPS) is 19.3. The first kappa shape index (κ1) is 16.5. The zero-order valence-corrected chi connectivity index (χ0v) is 14.2. The van der Waals surface area contributed by atoms with E-state index >= 15 is 0 Å². The molecule has 0 aromatic carbocycles. The van der Waals surface area contributed by atoms with Gasteiger partial charge in [-0.15, -0.1) is 0 Å². The average Bonchev–Trinajstić information content (AvgIpc) is 3.25. The second-order valence-corrected chi connectivity index (χ2v) is 7.41. The summed E-state index contributed by atoms with van der Waals surface area (Å²) in [6, 6.07) is 3.12. The van der Waals surface area contributed by atoms with Crippen molar-refractivity contribution < 1.29 is 14.5 Å². The van der Waals surface area contributed by atoms with E-state index in [1.807, 2.05) is 25.7 Å². The number of anilines is 1. The Morgan fingerprint density at radius 3 is 2.54 bits per heavy atom. The van der Waals surface area contributed by atoms with E-state index in [0.29, 0.717) is 19.6 Å². The molecular weight excluding hydrogens is 312 g/mol. The molecule has 1 aromatic heterocycles. The Hall–Kier alpha value is -2.38. The highest BCUT2D eigenvalue weighted by Gasteiger charge is 2.54. The molecule has 0 atom stereocenters. The first-order valence-corrected chi connectivity index (χ1v) is 8.06. The minimum Gasteiger partial charge on any atom is -0.444 e. The third-order valence-electron chi connectivity index (χ3n) is 4.38. The summed E-state index contributed by atoms with van der Waals surface area (Å²) in [5, 5.41) is 10.7. The number of pyridine rings is 1. The molecule has 2 aliphatic rings. The van der Waals surface area contributed by atoms with E-state index in [-0.39, 0.29) is 17.5 Å². The van der Waals surface area contributed by atoms with Crippen LogP contribution in [0.3, 0.4) is 0 Å². The largest absolute Gasteiger partial charge is 0.444 e. The van der Waals surface area contributed by atoms with Crippen LogP contribution >= 0.6 is 0 Å². The molecule has 3 rings (SSSR count). The van der Waals surface area contributed by atoms with Crippen LogP contribution in [-0.4, -0.2) is 51.7 Å². The molecule has 8 heteroatoms. The molecule has 1 saturated heterocycles. The molecule has 0 radical (unpaired) electrons. The molecule has 1 amide bonds. The number of ether oxygens (including phenoxy) is 1. The molecule has 24 heavy (non-hydrogen) atoms. The van der Waals surface area contributed by atoms with E-state index in [0.717, 1.165) is 18.5 Å². The molecule has 1 aliphatic carbocycles. The second-order valence-electron chi connectivity index (χ2n) is 7.41. The summed E-state index contributed by atoms with van der Waals surface area (Å²) in [7, 11) is 0. The van der Waals surface area contributed by atoms with Gasteiger partial charge in [-0.1, -0.05) is 0 Å². The molecular formula is C16H22N4O4. The molecule has 2 fully saturated rings. The topological polar surface area (TPSA) is 88.8 Å². The summed E-state index contributed by atoms with van der Waals surface area (Å²) in [5.74, 6) is -0.160. The van der Waals surface area contributed by atoms with E-state index in [1.54, 1.807) is 6.07 Å². The predicted molar refractivity (Wildman–Crippen MR) is 88.0 cm³/mol. The zero-order chi connectivity index (χ0) is 17.5. The summed E-state index contributed by atoms with van der Waals surface area (Å²) in [6.45, 7) is 7.52. The van der Waals surface area contributed by atoms with E-state index in [9.17, 15) is 14.9 Å². The van der Waals surface area contributed by atoms with E-state index in [1.165, 1.54) is 12.3 Å².